The highest BCUT2D eigenvalue weighted by Crippen LogP contribution is 2.21. The summed E-state index contributed by atoms with van der Waals surface area (Å²) in [6.45, 7) is 6.46. The van der Waals surface area contributed by atoms with E-state index in [1.165, 1.54) is 12.1 Å². The number of fused-ring (bicyclic) bond motifs is 1. The summed E-state index contributed by atoms with van der Waals surface area (Å²) in [6.07, 6.45) is 4.22. The Morgan fingerprint density at radius 1 is 1.38 bits per heavy atom. The van der Waals surface area contributed by atoms with Crippen molar-refractivity contribution in [1.29, 1.82) is 0 Å². The first-order valence-corrected chi connectivity index (χ1v) is 7.59. The van der Waals surface area contributed by atoms with Crippen LogP contribution in [-0.2, 0) is 11.2 Å². The van der Waals surface area contributed by atoms with Crippen LogP contribution in [-0.4, -0.2) is 22.7 Å². The average molecular weight is 292 g/mol. The second kappa shape index (κ2) is 6.56. The van der Waals surface area contributed by atoms with Crippen LogP contribution in [0.15, 0.2) is 18.2 Å². The fraction of sp³-hybridized carbons (Fsp3) is 0.588. The van der Waals surface area contributed by atoms with E-state index in [2.05, 4.69) is 30.7 Å². The van der Waals surface area contributed by atoms with Crippen molar-refractivity contribution in [2.45, 2.75) is 52.1 Å². The largest absolute Gasteiger partial charge is 0.379 e. The zero-order valence-electron chi connectivity index (χ0n) is 13.4. The lowest BCUT2D eigenvalue weighted by atomic mass is 9.95. The third kappa shape index (κ3) is 4.53. The minimum absolute atomic E-state index is 0.0450. The molecule has 116 valence electrons. The molecule has 4 heteroatoms. The summed E-state index contributed by atoms with van der Waals surface area (Å²) < 4.78 is 18.6. The topological polar surface area (TPSA) is 37.9 Å². The van der Waals surface area contributed by atoms with Crippen LogP contribution in [0.1, 0.15) is 45.9 Å². The van der Waals surface area contributed by atoms with E-state index < -0.39 is 0 Å². The SMILES string of the molecule is COC(C)(C)CCCC(C)Cc1nc2ccc(F)cc2[nH]1. The second-order valence-electron chi connectivity index (χ2n) is 6.51. The molecular weight excluding hydrogens is 267 g/mol. The van der Waals surface area contributed by atoms with Gasteiger partial charge >= 0.3 is 0 Å². The summed E-state index contributed by atoms with van der Waals surface area (Å²) in [7, 11) is 1.76. The van der Waals surface area contributed by atoms with Crippen LogP contribution >= 0.6 is 0 Å². The highest BCUT2D eigenvalue weighted by atomic mass is 19.1. The van der Waals surface area contributed by atoms with Crippen molar-refractivity contribution in [3.05, 3.63) is 29.8 Å². The zero-order valence-corrected chi connectivity index (χ0v) is 13.4. The molecule has 0 amide bonds. The van der Waals surface area contributed by atoms with Gasteiger partial charge in [-0.1, -0.05) is 19.8 Å². The number of ether oxygens (including phenoxy) is 1. The molecule has 2 aromatic rings. The van der Waals surface area contributed by atoms with Gasteiger partial charge in [-0.3, -0.25) is 0 Å². The predicted molar refractivity (Wildman–Crippen MR) is 83.9 cm³/mol. The maximum atomic E-state index is 13.2. The summed E-state index contributed by atoms with van der Waals surface area (Å²) in [5.41, 5.74) is 1.56. The van der Waals surface area contributed by atoms with Crippen molar-refractivity contribution in [1.82, 2.24) is 9.97 Å². The van der Waals surface area contributed by atoms with Gasteiger partial charge in [0.2, 0.25) is 0 Å². The van der Waals surface area contributed by atoms with Crippen molar-refractivity contribution < 1.29 is 9.13 Å². The Morgan fingerprint density at radius 2 is 2.14 bits per heavy atom. The van der Waals surface area contributed by atoms with E-state index in [9.17, 15) is 4.39 Å². The molecule has 1 heterocycles. The lowest BCUT2D eigenvalue weighted by molar-refractivity contribution is 0.0127. The van der Waals surface area contributed by atoms with Gasteiger partial charge in [-0.05, 0) is 44.4 Å². The van der Waals surface area contributed by atoms with E-state index >= 15 is 0 Å². The van der Waals surface area contributed by atoms with Crippen LogP contribution in [0.4, 0.5) is 4.39 Å². The van der Waals surface area contributed by atoms with Gasteiger partial charge in [-0.2, -0.15) is 0 Å². The lowest BCUT2D eigenvalue weighted by Gasteiger charge is -2.23. The Labute approximate surface area is 125 Å². The van der Waals surface area contributed by atoms with E-state index in [0.717, 1.165) is 42.5 Å². The molecule has 1 N–H and O–H groups in total. The molecule has 0 radical (unpaired) electrons. The van der Waals surface area contributed by atoms with Gasteiger partial charge in [-0.15, -0.1) is 0 Å². The summed E-state index contributed by atoms with van der Waals surface area (Å²) >= 11 is 0. The van der Waals surface area contributed by atoms with Crippen molar-refractivity contribution in [2.75, 3.05) is 7.11 Å². The summed E-state index contributed by atoms with van der Waals surface area (Å²) in [5, 5.41) is 0. The molecule has 0 aliphatic rings. The average Bonchev–Trinajstić information content (AvgIpc) is 2.79. The number of halogens is 1. The predicted octanol–water partition coefficient (Wildman–Crippen LogP) is 4.48. The van der Waals surface area contributed by atoms with Crippen molar-refractivity contribution in [3.8, 4) is 0 Å². The smallest absolute Gasteiger partial charge is 0.125 e. The monoisotopic (exact) mass is 292 g/mol. The number of imidazole rings is 1. The van der Waals surface area contributed by atoms with Crippen LogP contribution in [0.5, 0.6) is 0 Å². The van der Waals surface area contributed by atoms with E-state index in [0.29, 0.717) is 5.92 Å². The van der Waals surface area contributed by atoms with Gasteiger partial charge in [0.05, 0.1) is 16.6 Å². The van der Waals surface area contributed by atoms with E-state index in [1.807, 2.05) is 0 Å². The molecule has 0 aliphatic carbocycles. The molecule has 3 nitrogen and oxygen atoms in total. The molecule has 1 unspecified atom stereocenters. The third-order valence-corrected chi connectivity index (χ3v) is 4.06. The summed E-state index contributed by atoms with van der Waals surface area (Å²) in [6, 6.07) is 4.66. The van der Waals surface area contributed by atoms with Gasteiger partial charge in [0.25, 0.3) is 0 Å². The molecule has 0 saturated heterocycles. The summed E-state index contributed by atoms with van der Waals surface area (Å²) in [5.74, 6) is 1.25. The number of nitrogens with one attached hydrogen (secondary N) is 1. The Hall–Kier alpha value is -1.42. The molecule has 1 atom stereocenters. The zero-order chi connectivity index (χ0) is 15.5. The third-order valence-electron chi connectivity index (χ3n) is 4.06. The van der Waals surface area contributed by atoms with Gasteiger partial charge in [0.1, 0.15) is 11.6 Å². The molecule has 0 saturated carbocycles. The molecule has 2 rings (SSSR count). The Morgan fingerprint density at radius 3 is 2.86 bits per heavy atom. The quantitative estimate of drug-likeness (QED) is 0.817. The van der Waals surface area contributed by atoms with Gasteiger partial charge in [0.15, 0.2) is 0 Å². The number of methoxy groups -OCH3 is 1. The first-order valence-electron chi connectivity index (χ1n) is 7.59. The first kappa shape index (κ1) is 16.0. The highest BCUT2D eigenvalue weighted by molar-refractivity contribution is 5.74. The Kier molecular flexibility index (Phi) is 4.99. The second-order valence-corrected chi connectivity index (χ2v) is 6.51. The maximum absolute atomic E-state index is 13.2. The summed E-state index contributed by atoms with van der Waals surface area (Å²) in [4.78, 5) is 7.73. The Bertz CT molecular complexity index is 591. The maximum Gasteiger partial charge on any atom is 0.125 e. The van der Waals surface area contributed by atoms with Crippen LogP contribution < -0.4 is 0 Å². The van der Waals surface area contributed by atoms with Crippen molar-refractivity contribution >= 4 is 11.0 Å². The Balaban J connectivity index is 1.88. The van der Waals surface area contributed by atoms with Gasteiger partial charge < -0.3 is 9.72 Å². The minimum Gasteiger partial charge on any atom is -0.379 e. The number of benzene rings is 1. The van der Waals surface area contributed by atoms with Crippen molar-refractivity contribution in [2.24, 2.45) is 5.92 Å². The number of nitrogens with zero attached hydrogens (tertiary/aromatic N) is 1. The molecule has 1 aromatic carbocycles. The highest BCUT2D eigenvalue weighted by Gasteiger charge is 2.16. The number of aromatic amines is 1. The molecular formula is C17H25FN2O. The van der Waals surface area contributed by atoms with Crippen LogP contribution in [0.25, 0.3) is 11.0 Å². The number of rotatable bonds is 7. The fourth-order valence-electron chi connectivity index (χ4n) is 2.54. The molecule has 0 bridgehead atoms. The molecule has 1 aromatic heterocycles. The molecule has 21 heavy (non-hydrogen) atoms. The molecule has 0 fully saturated rings. The number of hydrogen-bond acceptors (Lipinski definition) is 2. The molecule has 0 aliphatic heterocycles. The van der Waals surface area contributed by atoms with Crippen LogP contribution in [0.2, 0.25) is 0 Å². The van der Waals surface area contributed by atoms with Gasteiger partial charge in [0, 0.05) is 13.5 Å². The van der Waals surface area contributed by atoms with Crippen LogP contribution in [0, 0.1) is 11.7 Å². The number of hydrogen-bond donors (Lipinski definition) is 1. The van der Waals surface area contributed by atoms with E-state index in [4.69, 9.17) is 4.74 Å². The van der Waals surface area contributed by atoms with Gasteiger partial charge in [-0.25, -0.2) is 9.37 Å². The fourth-order valence-corrected chi connectivity index (χ4v) is 2.54. The number of H-pyrrole nitrogens is 1. The first-order chi connectivity index (χ1) is 9.89. The lowest BCUT2D eigenvalue weighted by Crippen LogP contribution is -2.22. The van der Waals surface area contributed by atoms with Crippen LogP contribution in [0.3, 0.4) is 0 Å². The van der Waals surface area contributed by atoms with E-state index in [-0.39, 0.29) is 11.4 Å². The number of aromatic nitrogens is 2. The standard InChI is InChI=1S/C17H25FN2O/c1-12(6-5-9-17(2,3)21-4)10-16-19-14-8-7-13(18)11-15(14)20-16/h7-8,11-12H,5-6,9-10H2,1-4H3,(H,19,20). The minimum atomic E-state index is -0.229. The van der Waals surface area contributed by atoms with Crippen molar-refractivity contribution in [3.63, 3.8) is 0 Å². The van der Waals surface area contributed by atoms with E-state index in [1.54, 1.807) is 13.2 Å². The normalized spacial score (nSPS) is 13.8. The molecule has 0 spiro atoms.